The van der Waals surface area contributed by atoms with E-state index in [2.05, 4.69) is 10.3 Å². The van der Waals surface area contributed by atoms with Crippen LogP contribution in [0.25, 0.3) is 10.9 Å². The number of hydrogen-bond donors (Lipinski definition) is 4. The molecule has 1 aromatic carbocycles. The lowest BCUT2D eigenvalue weighted by molar-refractivity contribution is 0.387. The van der Waals surface area contributed by atoms with Crippen molar-refractivity contribution in [3.05, 3.63) is 30.0 Å². The second-order valence-electron chi connectivity index (χ2n) is 3.91. The molecule has 0 atom stereocenters. The number of H-pyrrole nitrogens is 1. The van der Waals surface area contributed by atoms with E-state index in [0.29, 0.717) is 5.39 Å². The number of aromatic nitrogens is 1. The predicted molar refractivity (Wildman–Crippen MR) is 67.6 cm³/mol. The van der Waals surface area contributed by atoms with Crippen LogP contribution in [0.2, 0.25) is 0 Å². The van der Waals surface area contributed by atoms with E-state index in [1.54, 1.807) is 12.3 Å². The molecule has 0 saturated heterocycles. The molecule has 0 aliphatic heterocycles. The number of fused-ring (bicyclic) bond motifs is 1. The molecule has 1 heterocycles. The Morgan fingerprint density at radius 3 is 2.82 bits per heavy atom. The fourth-order valence-corrected chi connectivity index (χ4v) is 2.77. The molecule has 92 valence electrons. The second-order valence-corrected chi connectivity index (χ2v) is 5.48. The molecule has 0 bridgehead atoms. The van der Waals surface area contributed by atoms with Gasteiger partial charge in [0.15, 0.2) is 0 Å². The van der Waals surface area contributed by atoms with Gasteiger partial charge in [0.2, 0.25) is 0 Å². The van der Waals surface area contributed by atoms with Crippen LogP contribution in [0.5, 0.6) is 0 Å². The van der Waals surface area contributed by atoms with Gasteiger partial charge in [-0.15, -0.1) is 0 Å². The van der Waals surface area contributed by atoms with E-state index in [4.69, 9.17) is 0 Å². The molecule has 17 heavy (non-hydrogen) atoms. The minimum Gasteiger partial charge on any atom is -0.361 e. The van der Waals surface area contributed by atoms with Crippen molar-refractivity contribution in [2.75, 3.05) is 13.6 Å². The average molecular weight is 254 g/mol. The summed E-state index contributed by atoms with van der Waals surface area (Å²) >= 11 is 0. The smallest absolute Gasteiger partial charge is 0.356 e. The number of aromatic amines is 1. The lowest BCUT2D eigenvalue weighted by atomic mass is 10.1. The zero-order valence-electron chi connectivity index (χ0n) is 9.47. The first-order valence-corrected chi connectivity index (χ1v) is 6.95. The van der Waals surface area contributed by atoms with Crippen LogP contribution in [-0.2, 0) is 11.0 Å². The summed E-state index contributed by atoms with van der Waals surface area (Å²) in [6.45, 7) is 0.766. The van der Waals surface area contributed by atoms with Gasteiger partial charge in [0.1, 0.15) is 0 Å². The highest BCUT2D eigenvalue weighted by Gasteiger charge is 2.22. The Hall–Kier alpha value is -1.13. The molecule has 0 radical (unpaired) electrons. The minimum absolute atomic E-state index is 0.0994. The monoisotopic (exact) mass is 254 g/mol. The Morgan fingerprint density at radius 1 is 1.41 bits per heavy atom. The third-order valence-corrected chi connectivity index (χ3v) is 3.72. The van der Waals surface area contributed by atoms with Gasteiger partial charge >= 0.3 is 7.60 Å². The molecule has 4 N–H and O–H groups in total. The van der Waals surface area contributed by atoms with Gasteiger partial charge in [-0.1, -0.05) is 6.07 Å². The SMILES string of the molecule is CNCCc1c[nH]c2cccc(P(=O)(O)O)c12. The quantitative estimate of drug-likeness (QED) is 0.606. The summed E-state index contributed by atoms with van der Waals surface area (Å²) in [5, 5.41) is 3.77. The van der Waals surface area contributed by atoms with E-state index in [9.17, 15) is 14.4 Å². The average Bonchev–Trinajstić information content (AvgIpc) is 2.68. The van der Waals surface area contributed by atoms with Gasteiger partial charge < -0.3 is 20.1 Å². The molecule has 0 spiro atoms. The maximum atomic E-state index is 11.4. The first kappa shape index (κ1) is 12.3. The van der Waals surface area contributed by atoms with E-state index in [0.717, 1.165) is 24.0 Å². The molecule has 0 unspecified atom stereocenters. The normalized spacial score (nSPS) is 12.2. The zero-order chi connectivity index (χ0) is 12.5. The van der Waals surface area contributed by atoms with Crippen molar-refractivity contribution >= 4 is 23.8 Å². The largest absolute Gasteiger partial charge is 0.361 e. The fourth-order valence-electron chi connectivity index (χ4n) is 1.93. The second kappa shape index (κ2) is 4.63. The van der Waals surface area contributed by atoms with E-state index >= 15 is 0 Å². The zero-order valence-corrected chi connectivity index (χ0v) is 10.4. The summed E-state index contributed by atoms with van der Waals surface area (Å²) in [7, 11) is -2.38. The highest BCUT2D eigenvalue weighted by Crippen LogP contribution is 2.37. The van der Waals surface area contributed by atoms with Gasteiger partial charge in [-0.3, -0.25) is 4.57 Å². The Balaban J connectivity index is 2.60. The van der Waals surface area contributed by atoms with Crippen molar-refractivity contribution < 1.29 is 14.4 Å². The van der Waals surface area contributed by atoms with Gasteiger partial charge in [-0.25, -0.2) is 0 Å². The summed E-state index contributed by atoms with van der Waals surface area (Å²) in [6, 6.07) is 4.95. The number of rotatable bonds is 4. The number of nitrogens with one attached hydrogen (secondary N) is 2. The Bertz CT molecular complexity index is 573. The van der Waals surface area contributed by atoms with Gasteiger partial charge in [-0.05, 0) is 37.7 Å². The summed E-state index contributed by atoms with van der Waals surface area (Å²) in [4.78, 5) is 21.7. The van der Waals surface area contributed by atoms with Crippen LogP contribution >= 0.6 is 7.60 Å². The maximum Gasteiger partial charge on any atom is 0.356 e. The van der Waals surface area contributed by atoms with Gasteiger partial charge in [0.05, 0.1) is 5.30 Å². The summed E-state index contributed by atoms with van der Waals surface area (Å²) in [5.41, 5.74) is 1.69. The fraction of sp³-hybridized carbons (Fsp3) is 0.273. The summed E-state index contributed by atoms with van der Waals surface area (Å²) in [5.74, 6) is 0. The van der Waals surface area contributed by atoms with Crippen molar-refractivity contribution in [3.8, 4) is 0 Å². The van der Waals surface area contributed by atoms with Crippen LogP contribution in [0, 0.1) is 0 Å². The topological polar surface area (TPSA) is 85.4 Å². The van der Waals surface area contributed by atoms with Crippen molar-refractivity contribution in [2.24, 2.45) is 0 Å². The Morgan fingerprint density at radius 2 is 2.18 bits per heavy atom. The first-order valence-electron chi connectivity index (χ1n) is 5.33. The van der Waals surface area contributed by atoms with Crippen LogP contribution in [-0.4, -0.2) is 28.4 Å². The van der Waals surface area contributed by atoms with Crippen LogP contribution < -0.4 is 10.6 Å². The molecule has 2 rings (SSSR count). The molecule has 0 amide bonds. The number of hydrogen-bond acceptors (Lipinski definition) is 2. The van der Waals surface area contributed by atoms with E-state index in [1.165, 1.54) is 6.07 Å². The molecule has 0 saturated carbocycles. The summed E-state index contributed by atoms with van der Waals surface area (Å²) in [6.07, 6.45) is 2.54. The van der Waals surface area contributed by atoms with Crippen LogP contribution in [0.3, 0.4) is 0 Å². The standard InChI is InChI=1S/C11H15N2O3P/c1-12-6-5-8-7-13-9-3-2-4-10(11(8)9)17(14,15)16/h2-4,7,12-13H,5-6H2,1H3,(H2,14,15,16). The van der Waals surface area contributed by atoms with Crippen molar-refractivity contribution in [3.63, 3.8) is 0 Å². The van der Waals surface area contributed by atoms with Gasteiger partial charge in [0, 0.05) is 17.1 Å². The molecule has 2 aromatic rings. The van der Waals surface area contributed by atoms with Crippen LogP contribution in [0.15, 0.2) is 24.4 Å². The van der Waals surface area contributed by atoms with E-state index in [-0.39, 0.29) is 5.30 Å². The Labute approximate surface area is 99.0 Å². The van der Waals surface area contributed by atoms with Crippen molar-refractivity contribution in [2.45, 2.75) is 6.42 Å². The molecule has 0 fully saturated rings. The number of likely N-dealkylation sites (N-methyl/N-ethyl adjacent to an activating group) is 1. The summed E-state index contributed by atoms with van der Waals surface area (Å²) < 4.78 is 11.4. The first-order chi connectivity index (χ1) is 8.04. The highest BCUT2D eigenvalue weighted by molar-refractivity contribution is 7.60. The lowest BCUT2D eigenvalue weighted by Crippen LogP contribution is -2.12. The molecule has 5 nitrogen and oxygen atoms in total. The van der Waals surface area contributed by atoms with Crippen LogP contribution in [0.1, 0.15) is 5.56 Å². The molecule has 1 aromatic heterocycles. The van der Waals surface area contributed by atoms with Crippen molar-refractivity contribution in [1.82, 2.24) is 10.3 Å². The highest BCUT2D eigenvalue weighted by atomic mass is 31.2. The predicted octanol–water partition coefficient (Wildman–Crippen LogP) is 0.733. The molecular formula is C11H15N2O3P. The lowest BCUT2D eigenvalue weighted by Gasteiger charge is -2.07. The van der Waals surface area contributed by atoms with E-state index < -0.39 is 7.60 Å². The third-order valence-electron chi connectivity index (χ3n) is 2.72. The molecule has 0 aliphatic rings. The Kier molecular flexibility index (Phi) is 3.35. The maximum absolute atomic E-state index is 11.4. The van der Waals surface area contributed by atoms with E-state index in [1.807, 2.05) is 13.1 Å². The molecule has 0 aliphatic carbocycles. The third kappa shape index (κ3) is 2.42. The van der Waals surface area contributed by atoms with Crippen molar-refractivity contribution in [1.29, 1.82) is 0 Å². The molecule has 6 heteroatoms. The molecular weight excluding hydrogens is 239 g/mol. The van der Waals surface area contributed by atoms with Crippen LogP contribution in [0.4, 0.5) is 0 Å². The minimum atomic E-state index is -4.23. The van der Waals surface area contributed by atoms with Gasteiger partial charge in [-0.2, -0.15) is 0 Å². The van der Waals surface area contributed by atoms with Gasteiger partial charge in [0.25, 0.3) is 0 Å². The number of benzene rings is 1.